The third-order valence-electron chi connectivity index (χ3n) is 17.7. The van der Waals surface area contributed by atoms with E-state index in [0.717, 1.165) is 116 Å². The molecule has 19 rings (SSSR count). The standard InChI is InChI=1S/C75H45N9/c1-10-31-55-46(22-1)47-23-2-11-32-56(47)79(55)64-40-19-43-67-70(64)52-28-7-16-37-61(52)82(67)73-76-74(83-62-38-17-8-29-53(62)71-65(41-20-44-68(71)83)80-57-33-12-3-24-48(57)49-25-4-13-34-58(49)80)78-75(77-73)84-63-39-18-9-30-54(63)72-66(42-21-45-69(72)84)81-59-35-14-5-26-50(59)51-27-6-15-36-60(51)81/h1-45H. The summed E-state index contributed by atoms with van der Waals surface area (Å²) in [5, 5.41) is 13.8. The zero-order chi connectivity index (χ0) is 54.7. The van der Waals surface area contributed by atoms with Gasteiger partial charge in [-0.1, -0.05) is 182 Å². The highest BCUT2D eigenvalue weighted by Gasteiger charge is 2.27. The lowest BCUT2D eigenvalue weighted by molar-refractivity contribution is 0.848. The predicted molar refractivity (Wildman–Crippen MR) is 346 cm³/mol. The molecule has 0 amide bonds. The number of benzene rings is 12. The van der Waals surface area contributed by atoms with E-state index < -0.39 is 0 Å². The van der Waals surface area contributed by atoms with E-state index in [9.17, 15) is 0 Å². The van der Waals surface area contributed by atoms with Gasteiger partial charge in [0.15, 0.2) is 0 Å². The summed E-state index contributed by atoms with van der Waals surface area (Å²) >= 11 is 0. The number of fused-ring (bicyclic) bond motifs is 18. The minimum absolute atomic E-state index is 0.495. The topological polar surface area (TPSA) is 68.2 Å². The number of para-hydroxylation sites is 9. The van der Waals surface area contributed by atoms with Crippen LogP contribution in [0, 0.1) is 0 Å². The second-order valence-electron chi connectivity index (χ2n) is 21.9. The van der Waals surface area contributed by atoms with Gasteiger partial charge in [-0.25, -0.2) is 0 Å². The molecule has 390 valence electrons. The van der Waals surface area contributed by atoms with E-state index in [4.69, 9.17) is 15.0 Å². The molecular weight excluding hydrogens is 1030 g/mol. The Balaban J connectivity index is 0.941. The SMILES string of the molecule is c1ccc2c(c1)c1ccccc1n2-c1cccc2c1c1ccccc1n2-c1nc(-n2c3ccccc3c3c(-n4c5ccccc5c5ccccc54)cccc32)nc(-n2c3ccccc3c3c(-n4c5ccccc5c5ccccc54)cccc32)n1. The van der Waals surface area contributed by atoms with E-state index in [2.05, 4.69) is 300 Å². The molecule has 0 atom stereocenters. The van der Waals surface area contributed by atoms with Crippen molar-refractivity contribution in [2.75, 3.05) is 0 Å². The largest absolute Gasteiger partial charge is 0.309 e. The minimum Gasteiger partial charge on any atom is -0.309 e. The van der Waals surface area contributed by atoms with Crippen molar-refractivity contribution in [2.24, 2.45) is 0 Å². The summed E-state index contributed by atoms with van der Waals surface area (Å²) in [6, 6.07) is 98.4. The van der Waals surface area contributed by atoms with Crippen molar-refractivity contribution in [3.05, 3.63) is 273 Å². The summed E-state index contributed by atoms with van der Waals surface area (Å²) in [5.41, 5.74) is 16.0. The van der Waals surface area contributed by atoms with Crippen molar-refractivity contribution in [1.29, 1.82) is 0 Å². The van der Waals surface area contributed by atoms with Gasteiger partial charge < -0.3 is 13.7 Å². The first-order valence-electron chi connectivity index (χ1n) is 28.5. The molecule has 12 aromatic carbocycles. The molecule has 0 bridgehead atoms. The van der Waals surface area contributed by atoms with E-state index in [-0.39, 0.29) is 0 Å². The van der Waals surface area contributed by atoms with Crippen LogP contribution in [0.2, 0.25) is 0 Å². The quantitative estimate of drug-likeness (QED) is 0.167. The Kier molecular flexibility index (Phi) is 9.15. The Labute approximate surface area is 478 Å². The van der Waals surface area contributed by atoms with Gasteiger partial charge in [0.25, 0.3) is 0 Å². The van der Waals surface area contributed by atoms with Crippen LogP contribution < -0.4 is 0 Å². The van der Waals surface area contributed by atoms with Crippen molar-refractivity contribution in [3.8, 4) is 34.9 Å². The van der Waals surface area contributed by atoms with Crippen LogP contribution in [-0.2, 0) is 0 Å². The Morgan fingerprint density at radius 2 is 0.333 bits per heavy atom. The third-order valence-corrected chi connectivity index (χ3v) is 17.7. The summed E-state index contributed by atoms with van der Waals surface area (Å²) in [6.07, 6.45) is 0. The Morgan fingerprint density at radius 1 is 0.155 bits per heavy atom. The molecule has 0 radical (unpaired) electrons. The molecule has 19 aromatic rings. The molecule has 7 heterocycles. The lowest BCUT2D eigenvalue weighted by Gasteiger charge is -2.15. The fraction of sp³-hybridized carbons (Fsp3) is 0. The third kappa shape index (κ3) is 6.03. The molecular formula is C75H45N9. The number of rotatable bonds is 6. The number of hydrogen-bond acceptors (Lipinski definition) is 3. The van der Waals surface area contributed by atoms with Gasteiger partial charge in [-0.3, -0.25) is 13.7 Å². The van der Waals surface area contributed by atoms with Gasteiger partial charge in [-0.2, -0.15) is 15.0 Å². The maximum Gasteiger partial charge on any atom is 0.241 e. The maximum absolute atomic E-state index is 5.77. The van der Waals surface area contributed by atoms with Gasteiger partial charge in [-0.05, 0) is 91.0 Å². The van der Waals surface area contributed by atoms with Crippen molar-refractivity contribution in [1.82, 2.24) is 42.4 Å². The predicted octanol–water partition coefficient (Wildman–Crippen LogP) is 18.5. The van der Waals surface area contributed by atoms with Crippen LogP contribution in [0.3, 0.4) is 0 Å². The molecule has 0 unspecified atom stereocenters. The van der Waals surface area contributed by atoms with E-state index in [0.29, 0.717) is 17.8 Å². The molecule has 0 aliphatic carbocycles. The Morgan fingerprint density at radius 3 is 0.560 bits per heavy atom. The van der Waals surface area contributed by atoms with Gasteiger partial charge in [-0.15, -0.1) is 0 Å². The molecule has 0 saturated heterocycles. The lowest BCUT2D eigenvalue weighted by atomic mass is 10.1. The summed E-state index contributed by atoms with van der Waals surface area (Å²) in [6.45, 7) is 0. The van der Waals surface area contributed by atoms with Crippen LogP contribution in [-0.4, -0.2) is 42.4 Å². The highest BCUT2D eigenvalue weighted by molar-refractivity contribution is 6.20. The Bertz CT molecular complexity index is 5260. The first-order chi connectivity index (χ1) is 41.7. The first kappa shape index (κ1) is 45.2. The minimum atomic E-state index is 0.495. The summed E-state index contributed by atoms with van der Waals surface area (Å²) in [5.74, 6) is 1.48. The zero-order valence-electron chi connectivity index (χ0n) is 45.0. The monoisotopic (exact) mass is 1070 g/mol. The highest BCUT2D eigenvalue weighted by Crippen LogP contribution is 2.44. The molecule has 9 nitrogen and oxygen atoms in total. The van der Waals surface area contributed by atoms with Crippen LogP contribution in [0.5, 0.6) is 0 Å². The first-order valence-corrected chi connectivity index (χ1v) is 28.5. The van der Waals surface area contributed by atoms with Crippen molar-refractivity contribution in [2.45, 2.75) is 0 Å². The van der Waals surface area contributed by atoms with Crippen LogP contribution in [0.25, 0.3) is 166 Å². The van der Waals surface area contributed by atoms with E-state index >= 15 is 0 Å². The van der Waals surface area contributed by atoms with Crippen LogP contribution in [0.4, 0.5) is 0 Å². The van der Waals surface area contributed by atoms with Crippen LogP contribution in [0.1, 0.15) is 0 Å². The van der Waals surface area contributed by atoms with Crippen molar-refractivity contribution in [3.63, 3.8) is 0 Å². The molecule has 0 saturated carbocycles. The van der Waals surface area contributed by atoms with Crippen molar-refractivity contribution < 1.29 is 0 Å². The molecule has 9 heteroatoms. The molecule has 0 aliphatic rings. The second kappa shape index (κ2) is 17.0. The van der Waals surface area contributed by atoms with Gasteiger partial charge in [0.05, 0.1) is 83.3 Å². The summed E-state index contributed by atoms with van der Waals surface area (Å²) in [7, 11) is 0. The molecule has 0 spiro atoms. The average molecular weight is 1070 g/mol. The zero-order valence-corrected chi connectivity index (χ0v) is 45.0. The maximum atomic E-state index is 5.77. The summed E-state index contributed by atoms with van der Waals surface area (Å²) < 4.78 is 14.0. The van der Waals surface area contributed by atoms with Gasteiger partial charge in [0, 0.05) is 64.6 Å². The van der Waals surface area contributed by atoms with Gasteiger partial charge >= 0.3 is 0 Å². The molecule has 0 N–H and O–H groups in total. The number of hydrogen-bond donors (Lipinski definition) is 0. The molecule has 7 aromatic heterocycles. The van der Waals surface area contributed by atoms with E-state index in [1.54, 1.807) is 0 Å². The molecule has 0 fully saturated rings. The normalized spacial score (nSPS) is 12.3. The highest BCUT2D eigenvalue weighted by atomic mass is 15.3. The van der Waals surface area contributed by atoms with E-state index in [1.807, 2.05) is 0 Å². The number of nitrogens with zero attached hydrogens (tertiary/aromatic N) is 9. The molecule has 0 aliphatic heterocycles. The second-order valence-corrected chi connectivity index (χ2v) is 21.9. The smallest absolute Gasteiger partial charge is 0.241 e. The van der Waals surface area contributed by atoms with Gasteiger partial charge in [0.2, 0.25) is 17.8 Å². The average Bonchev–Trinajstić information content (AvgIpc) is 2.48. The fourth-order valence-corrected chi connectivity index (χ4v) is 14.4. The lowest BCUT2D eigenvalue weighted by Crippen LogP contribution is -2.13. The number of aromatic nitrogens is 9. The van der Waals surface area contributed by atoms with Crippen molar-refractivity contribution >= 4 is 131 Å². The van der Waals surface area contributed by atoms with E-state index in [1.165, 1.54) is 32.3 Å². The van der Waals surface area contributed by atoms with Gasteiger partial charge in [0.1, 0.15) is 0 Å². The fourth-order valence-electron chi connectivity index (χ4n) is 14.4. The molecule has 84 heavy (non-hydrogen) atoms. The van der Waals surface area contributed by atoms with Crippen LogP contribution >= 0.6 is 0 Å². The Hall–Kier alpha value is -11.6. The van der Waals surface area contributed by atoms with Crippen LogP contribution in [0.15, 0.2) is 273 Å². The summed E-state index contributed by atoms with van der Waals surface area (Å²) in [4.78, 5) is 17.3.